The normalized spacial score (nSPS) is 18.3. The van der Waals surface area contributed by atoms with Gasteiger partial charge in [-0.25, -0.2) is 26.7 Å². The van der Waals surface area contributed by atoms with Crippen molar-refractivity contribution >= 4 is 31.4 Å². The molecule has 4 heterocycles. The van der Waals surface area contributed by atoms with Crippen molar-refractivity contribution in [2.24, 2.45) is 5.14 Å². The lowest BCUT2D eigenvalue weighted by Crippen LogP contribution is -2.37. The molecule has 0 amide bonds. The number of hydrogen-bond acceptors (Lipinski definition) is 10. The van der Waals surface area contributed by atoms with E-state index in [9.17, 15) is 16.8 Å². The zero-order valence-corrected chi connectivity index (χ0v) is 20.7. The van der Waals surface area contributed by atoms with Gasteiger partial charge in [-0.05, 0) is 62.2 Å². The molecule has 2 aliphatic heterocycles. The number of nitrogens with two attached hydrogens (primary N) is 1. The molecule has 2 aromatic heterocycles. The number of anilines is 2. The van der Waals surface area contributed by atoms with Crippen LogP contribution in [0, 0.1) is 13.8 Å². The van der Waals surface area contributed by atoms with Crippen molar-refractivity contribution in [3.63, 3.8) is 0 Å². The Morgan fingerprint density at radius 3 is 2.63 bits per heavy atom. The predicted molar refractivity (Wildman–Crippen MR) is 127 cm³/mol. The zero-order chi connectivity index (χ0) is 25.0. The number of aryl methyl sites for hydroxylation is 2. The van der Waals surface area contributed by atoms with E-state index in [1.54, 1.807) is 6.07 Å². The first-order valence-electron chi connectivity index (χ1n) is 11.0. The molecule has 0 bridgehead atoms. The van der Waals surface area contributed by atoms with Gasteiger partial charge >= 0.3 is 0 Å². The lowest BCUT2D eigenvalue weighted by molar-refractivity contribution is 0.555. The van der Waals surface area contributed by atoms with Crippen LogP contribution in [0.15, 0.2) is 28.0 Å². The van der Waals surface area contributed by atoms with Crippen molar-refractivity contribution in [3.8, 4) is 11.4 Å². The average Bonchev–Trinajstić information content (AvgIpc) is 3.54. The highest BCUT2D eigenvalue weighted by molar-refractivity contribution is 7.92. The molecule has 0 unspecified atom stereocenters. The van der Waals surface area contributed by atoms with Crippen molar-refractivity contribution in [2.45, 2.75) is 42.5 Å². The van der Waals surface area contributed by atoms with Gasteiger partial charge in [0.05, 0.1) is 11.3 Å². The Hall–Kier alpha value is -2.98. The minimum absolute atomic E-state index is 0.0337. The molecule has 0 spiro atoms. The number of primary sulfonamides is 1. The molecule has 0 radical (unpaired) electrons. The fraction of sp³-hybridized carbons (Fsp3) is 0.400. The van der Waals surface area contributed by atoms with Crippen LogP contribution in [0.4, 0.5) is 11.4 Å². The van der Waals surface area contributed by atoms with Gasteiger partial charge in [-0.3, -0.25) is 4.98 Å². The third-order valence-corrected chi connectivity index (χ3v) is 8.91. The summed E-state index contributed by atoms with van der Waals surface area (Å²) in [4.78, 5) is 5.39. The number of nitrogens with one attached hydrogen (secondary N) is 3. The van der Waals surface area contributed by atoms with E-state index in [1.807, 2.05) is 24.8 Å². The second-order valence-corrected chi connectivity index (χ2v) is 11.8. The molecule has 2 aliphatic rings. The zero-order valence-electron chi connectivity index (χ0n) is 19.1. The SMILES string of the molecule is Cc1cc2c(c(C)n1)CCN2c1ccc(S(=O)(=O)N[C@@H]2CCNC2)c(S(N)(=O)=O)c1-c1nn[nH]n1. The maximum Gasteiger partial charge on any atom is 0.242 e. The lowest BCUT2D eigenvalue weighted by atomic mass is 10.1. The molecule has 0 aliphatic carbocycles. The summed E-state index contributed by atoms with van der Waals surface area (Å²) >= 11 is 0. The van der Waals surface area contributed by atoms with Crippen LogP contribution in [0.5, 0.6) is 0 Å². The Balaban J connectivity index is 1.76. The van der Waals surface area contributed by atoms with E-state index < -0.39 is 29.8 Å². The van der Waals surface area contributed by atoms with Crippen LogP contribution in [0.2, 0.25) is 0 Å². The predicted octanol–water partition coefficient (Wildman–Crippen LogP) is -0.140. The molecule has 5 N–H and O–H groups in total. The molecule has 0 saturated carbocycles. The number of sulfonamides is 2. The minimum Gasteiger partial charge on any atom is -0.340 e. The maximum atomic E-state index is 13.4. The van der Waals surface area contributed by atoms with E-state index in [0.717, 1.165) is 22.6 Å². The lowest BCUT2D eigenvalue weighted by Gasteiger charge is -2.25. The van der Waals surface area contributed by atoms with Gasteiger partial charge in [-0.1, -0.05) is 0 Å². The summed E-state index contributed by atoms with van der Waals surface area (Å²) in [5, 5.41) is 22.5. The first-order chi connectivity index (χ1) is 16.6. The summed E-state index contributed by atoms with van der Waals surface area (Å²) in [6.07, 6.45) is 1.26. The molecular weight excluding hydrogens is 494 g/mol. The molecule has 3 aromatic rings. The number of aromatic amines is 1. The van der Waals surface area contributed by atoms with E-state index >= 15 is 0 Å². The van der Waals surface area contributed by atoms with Gasteiger partial charge < -0.3 is 10.2 Å². The van der Waals surface area contributed by atoms with Crippen molar-refractivity contribution in [3.05, 3.63) is 35.2 Å². The Morgan fingerprint density at radius 1 is 1.17 bits per heavy atom. The molecule has 1 fully saturated rings. The summed E-state index contributed by atoms with van der Waals surface area (Å²) in [6, 6.07) is 4.36. The Kier molecular flexibility index (Phi) is 5.83. The van der Waals surface area contributed by atoms with Crippen LogP contribution in [-0.2, 0) is 26.5 Å². The standard InChI is InChI=1S/C20H25N9O4S2/c1-11-9-16-14(12(2)23-11)6-8-29(16)15-3-4-17(35(32,33)26-13-5-7-22-10-13)19(34(21,30)31)18(15)20-24-27-28-25-20/h3-4,9,13,22,26H,5-8,10H2,1-2H3,(H2,21,30,31)(H,24,25,27,28)/t13-/m1/s1. The summed E-state index contributed by atoms with van der Waals surface area (Å²) in [7, 11) is -8.80. The van der Waals surface area contributed by atoms with Gasteiger partial charge in [0.1, 0.15) is 9.79 Å². The fourth-order valence-corrected chi connectivity index (χ4v) is 7.64. The van der Waals surface area contributed by atoms with Crippen molar-refractivity contribution in [1.29, 1.82) is 0 Å². The van der Waals surface area contributed by atoms with E-state index in [-0.39, 0.29) is 17.4 Å². The van der Waals surface area contributed by atoms with Crippen LogP contribution < -0.4 is 20.1 Å². The molecule has 186 valence electrons. The number of H-pyrrole nitrogens is 1. The number of hydrogen-bond donors (Lipinski definition) is 4. The molecular formula is C20H25N9O4S2. The second kappa shape index (κ2) is 8.60. The van der Waals surface area contributed by atoms with E-state index in [4.69, 9.17) is 5.14 Å². The number of aromatic nitrogens is 5. The Morgan fingerprint density at radius 2 is 1.97 bits per heavy atom. The Labute approximate surface area is 202 Å². The smallest absolute Gasteiger partial charge is 0.242 e. The second-order valence-electron chi connectivity index (χ2n) is 8.63. The average molecular weight is 520 g/mol. The summed E-state index contributed by atoms with van der Waals surface area (Å²) in [6.45, 7) is 5.42. The quantitative estimate of drug-likeness (QED) is 0.341. The number of benzene rings is 1. The number of nitrogens with zero attached hydrogens (tertiary/aromatic N) is 5. The number of fused-ring (bicyclic) bond motifs is 1. The summed E-state index contributed by atoms with van der Waals surface area (Å²) in [5.74, 6) is -0.0837. The Bertz CT molecular complexity index is 1500. The van der Waals surface area contributed by atoms with Crippen molar-refractivity contribution in [2.75, 3.05) is 24.5 Å². The first kappa shape index (κ1) is 23.7. The molecule has 5 rings (SSSR count). The van der Waals surface area contributed by atoms with Crippen LogP contribution in [-0.4, -0.2) is 68.1 Å². The van der Waals surface area contributed by atoms with Gasteiger partial charge in [-0.15, -0.1) is 10.2 Å². The first-order valence-corrected chi connectivity index (χ1v) is 14.0. The molecule has 1 atom stereocenters. The van der Waals surface area contributed by atoms with Gasteiger partial charge in [0.25, 0.3) is 0 Å². The van der Waals surface area contributed by atoms with Crippen molar-refractivity contribution < 1.29 is 16.8 Å². The summed E-state index contributed by atoms with van der Waals surface area (Å²) in [5.41, 5.74) is 3.93. The molecule has 1 aromatic carbocycles. The van der Waals surface area contributed by atoms with Crippen LogP contribution >= 0.6 is 0 Å². The number of rotatable bonds is 6. The van der Waals surface area contributed by atoms with E-state index in [0.29, 0.717) is 38.2 Å². The van der Waals surface area contributed by atoms with Crippen LogP contribution in [0.3, 0.4) is 0 Å². The fourth-order valence-electron chi connectivity index (χ4n) is 4.77. The van der Waals surface area contributed by atoms with Crippen molar-refractivity contribution in [1.82, 2.24) is 35.6 Å². The molecule has 1 saturated heterocycles. The minimum atomic E-state index is -4.55. The van der Waals surface area contributed by atoms with Crippen LogP contribution in [0.25, 0.3) is 11.4 Å². The van der Waals surface area contributed by atoms with Gasteiger partial charge in [0, 0.05) is 36.2 Å². The highest BCUT2D eigenvalue weighted by Crippen LogP contribution is 2.44. The van der Waals surface area contributed by atoms with E-state index in [1.165, 1.54) is 6.07 Å². The maximum absolute atomic E-state index is 13.4. The largest absolute Gasteiger partial charge is 0.340 e. The third kappa shape index (κ3) is 4.29. The van der Waals surface area contributed by atoms with E-state index in [2.05, 4.69) is 35.6 Å². The number of pyridine rings is 1. The third-order valence-electron chi connectivity index (χ3n) is 6.23. The van der Waals surface area contributed by atoms with Gasteiger partial charge in [-0.2, -0.15) is 5.21 Å². The number of tetrazole rings is 1. The highest BCUT2D eigenvalue weighted by Gasteiger charge is 2.36. The topological polar surface area (TPSA) is 189 Å². The molecule has 13 nitrogen and oxygen atoms in total. The summed E-state index contributed by atoms with van der Waals surface area (Å²) < 4.78 is 55.2. The van der Waals surface area contributed by atoms with Crippen LogP contribution in [0.1, 0.15) is 23.4 Å². The monoisotopic (exact) mass is 519 g/mol. The van der Waals surface area contributed by atoms with Gasteiger partial charge in [0.15, 0.2) is 0 Å². The molecule has 35 heavy (non-hydrogen) atoms. The molecule has 15 heteroatoms. The van der Waals surface area contributed by atoms with Gasteiger partial charge in [0.2, 0.25) is 25.9 Å². The highest BCUT2D eigenvalue weighted by atomic mass is 32.2.